The lowest BCUT2D eigenvalue weighted by molar-refractivity contribution is 2.36. The smallest absolute Gasteiger partial charge is 0 e. The Hall–Kier alpha value is -1.86. The molecule has 0 amide bonds. The molecule has 0 rings (SSSR count). The molecule has 0 N–H and O–H groups in total. The highest BCUT2D eigenvalue weighted by Crippen LogP contribution is 1.83. The van der Waals surface area contributed by atoms with Crippen LogP contribution in [0.4, 0.5) is 0 Å². The molecule has 118 valence electrons. The third kappa shape index (κ3) is 28.9. The van der Waals surface area contributed by atoms with Crippen LogP contribution in [0.3, 0.4) is 0 Å². The molecule has 0 saturated carbocycles. The molecule has 14 radical (unpaired) electrons. The first-order valence-electron chi connectivity index (χ1n) is 6.49. The van der Waals surface area contributed by atoms with Gasteiger partial charge in [-0.25, -0.2) is 0 Å². The Kier molecular flexibility index (Phi) is 43.5. The molecule has 0 aliphatic rings. The average molecular weight is 340 g/mol. The van der Waals surface area contributed by atoms with E-state index in [-0.39, 0.29) is 36.1 Å². The van der Waals surface area contributed by atoms with Crippen molar-refractivity contribution in [2.24, 2.45) is 0 Å². The highest BCUT2D eigenvalue weighted by molar-refractivity contribution is 7.96. The molecule has 0 fully saturated rings. The first-order chi connectivity index (χ1) is 11.4. The SMILES string of the molecule is C.C.C.C.C#CC#CC#CC#CC#CC#C.[B][B]B([B]B([B])B([B])[B])B([B])[B]. The third-order valence-electron chi connectivity index (χ3n) is 2.14. The van der Waals surface area contributed by atoms with Crippen molar-refractivity contribution in [3.05, 3.63) is 0 Å². The Morgan fingerprint density at radius 2 is 0.893 bits per heavy atom. The fourth-order valence-corrected chi connectivity index (χ4v) is 0.965. The van der Waals surface area contributed by atoms with Gasteiger partial charge in [-0.3, -0.25) is 0 Å². The molecule has 0 heterocycles. The standard InChI is InChI=1S/C12H2.4CH4.B12/c1-3-5-7-9-11-12-10-8-6-4-2;;;;;1-7-12(10(4)5)8-11(6)9(2)3/h1-2H;4*1H4;. The molecule has 0 aliphatic heterocycles. The van der Waals surface area contributed by atoms with E-state index in [1.165, 1.54) is 7.06 Å². The van der Waals surface area contributed by atoms with Crippen LogP contribution in [0.2, 0.25) is 0 Å². The van der Waals surface area contributed by atoms with Gasteiger partial charge in [-0.2, -0.15) is 0 Å². The summed E-state index contributed by atoms with van der Waals surface area (Å²) in [4.78, 5) is 0. The Morgan fingerprint density at radius 1 is 0.571 bits per heavy atom. The molecule has 0 aromatic carbocycles. The molecule has 12 heteroatoms. The molecular weight excluding hydrogens is 322 g/mol. The predicted octanol–water partition coefficient (Wildman–Crippen LogP) is -1.76. The maximum absolute atomic E-state index is 5.54. The van der Waals surface area contributed by atoms with Gasteiger partial charge in [-0.1, -0.05) is 29.7 Å². The van der Waals surface area contributed by atoms with Crippen LogP contribution in [-0.2, 0) is 0 Å². The van der Waals surface area contributed by atoms with Gasteiger partial charge in [0.25, 0.3) is 0 Å². The summed E-state index contributed by atoms with van der Waals surface area (Å²) in [6.45, 7) is 0. The zero-order valence-electron chi connectivity index (χ0n) is 13.1. The maximum Gasteiger partial charge on any atom is 0 e. The largest absolute Gasteiger partial charge is 0.106 e. The maximum atomic E-state index is 5.54. The summed E-state index contributed by atoms with van der Waals surface area (Å²) in [5.74, 6) is 23.3. The van der Waals surface area contributed by atoms with E-state index in [4.69, 9.17) is 59.3 Å². The summed E-state index contributed by atoms with van der Waals surface area (Å²) in [6, 6.07) is 0. The Morgan fingerprint density at radius 3 is 1.11 bits per heavy atom. The van der Waals surface area contributed by atoms with Crippen LogP contribution < -0.4 is 0 Å². The molecular formula is C16H18B12. The summed E-state index contributed by atoms with van der Waals surface area (Å²) in [7, 11) is 35.2. The fourth-order valence-electron chi connectivity index (χ4n) is 0.965. The molecule has 28 heavy (non-hydrogen) atoms. The second kappa shape index (κ2) is 29.9. The molecule has 0 saturated heterocycles. The number of hydrogen-bond acceptors (Lipinski definition) is 0. The van der Waals surface area contributed by atoms with Crippen LogP contribution in [0.1, 0.15) is 29.7 Å². The summed E-state index contributed by atoms with van der Waals surface area (Å²) in [5, 5.41) is 0. The van der Waals surface area contributed by atoms with Crippen molar-refractivity contribution in [1.82, 2.24) is 0 Å². The summed E-state index contributed by atoms with van der Waals surface area (Å²) < 4.78 is 0. The summed E-state index contributed by atoms with van der Waals surface area (Å²) >= 11 is 0. The minimum absolute atomic E-state index is 0. The van der Waals surface area contributed by atoms with E-state index < -0.39 is 19.2 Å². The van der Waals surface area contributed by atoms with E-state index >= 15 is 0 Å². The van der Waals surface area contributed by atoms with Gasteiger partial charge in [0.15, 0.2) is 0 Å². The lowest BCUT2D eigenvalue weighted by Crippen LogP contribution is -2.58. The van der Waals surface area contributed by atoms with Gasteiger partial charge in [-0.15, -0.1) is 12.8 Å². The molecule has 0 atom stereocenters. The number of hydrogen-bond donors (Lipinski definition) is 0. The number of terminal acetylenes is 2. The first-order valence-corrected chi connectivity index (χ1v) is 6.49. The average Bonchev–Trinajstić information content (AvgIpc) is 2.55. The third-order valence-corrected chi connectivity index (χ3v) is 2.14. The zero-order chi connectivity index (χ0) is 18.8. The van der Waals surface area contributed by atoms with Gasteiger partial charge in [0.05, 0.1) is 0 Å². The molecule has 0 aliphatic carbocycles. The van der Waals surface area contributed by atoms with Crippen molar-refractivity contribution in [1.29, 1.82) is 0 Å². The van der Waals surface area contributed by atoms with Crippen LogP contribution >= 0.6 is 0 Å². The molecule has 0 nitrogen and oxygen atoms in total. The van der Waals surface area contributed by atoms with Crippen LogP contribution in [-0.4, -0.2) is 86.1 Å². The topological polar surface area (TPSA) is 0 Å². The van der Waals surface area contributed by atoms with Crippen molar-refractivity contribution in [3.8, 4) is 72.1 Å². The van der Waals surface area contributed by atoms with Crippen molar-refractivity contribution in [2.75, 3.05) is 0 Å². The normalized spacial score (nSPS) is 5.07. The fraction of sp³-hybridized carbons (Fsp3) is 0.250. The van der Waals surface area contributed by atoms with Crippen LogP contribution in [0, 0.1) is 72.1 Å². The Balaban J connectivity index is -0.0000000756. The Labute approximate surface area is 187 Å². The minimum Gasteiger partial charge on any atom is -0.106 e. The van der Waals surface area contributed by atoms with Gasteiger partial charge in [0.2, 0.25) is 0 Å². The summed E-state index contributed by atoms with van der Waals surface area (Å²) in [5.41, 5.74) is 0. The zero-order valence-corrected chi connectivity index (χ0v) is 13.1. The van der Waals surface area contributed by atoms with E-state index in [1.807, 2.05) is 0 Å². The lowest BCUT2D eigenvalue weighted by atomic mass is 8.61. The minimum atomic E-state index is -0.619. The monoisotopic (exact) mass is 342 g/mol. The van der Waals surface area contributed by atoms with E-state index in [9.17, 15) is 0 Å². The molecule has 0 aromatic heterocycles. The highest BCUT2D eigenvalue weighted by atomic mass is 13.6. The predicted molar refractivity (Wildman–Crippen MR) is 145 cm³/mol. The summed E-state index contributed by atoms with van der Waals surface area (Å²) in [6.07, 6.45) is 7.76. The van der Waals surface area contributed by atoms with Crippen LogP contribution in [0.15, 0.2) is 0 Å². The van der Waals surface area contributed by atoms with Gasteiger partial charge in [0, 0.05) is 86.1 Å². The highest BCUT2D eigenvalue weighted by Gasteiger charge is 2.21. The van der Waals surface area contributed by atoms with Crippen molar-refractivity contribution < 1.29 is 0 Å². The lowest BCUT2D eigenvalue weighted by Gasteiger charge is -2.20. The molecule has 0 aromatic rings. The quantitative estimate of drug-likeness (QED) is 0.411. The first kappa shape index (κ1) is 40.7. The molecule has 0 bridgehead atoms. The van der Waals surface area contributed by atoms with E-state index in [2.05, 4.69) is 59.2 Å². The van der Waals surface area contributed by atoms with E-state index in [0.717, 1.165) is 0 Å². The van der Waals surface area contributed by atoms with Crippen molar-refractivity contribution in [3.63, 3.8) is 0 Å². The molecule has 0 unspecified atom stereocenters. The molecule has 0 spiro atoms. The van der Waals surface area contributed by atoms with Crippen molar-refractivity contribution >= 4 is 86.1 Å². The van der Waals surface area contributed by atoms with E-state index in [0.29, 0.717) is 0 Å². The van der Waals surface area contributed by atoms with Crippen LogP contribution in [0.5, 0.6) is 0 Å². The van der Waals surface area contributed by atoms with Gasteiger partial charge in [-0.05, 0) is 59.2 Å². The second-order valence-electron chi connectivity index (χ2n) is 3.98. The van der Waals surface area contributed by atoms with Gasteiger partial charge < -0.3 is 0 Å². The van der Waals surface area contributed by atoms with Crippen molar-refractivity contribution in [2.45, 2.75) is 29.7 Å². The Bertz CT molecular complexity index is 638. The van der Waals surface area contributed by atoms with E-state index in [1.54, 1.807) is 7.06 Å². The van der Waals surface area contributed by atoms with Gasteiger partial charge >= 0.3 is 0 Å². The van der Waals surface area contributed by atoms with Gasteiger partial charge in [0.1, 0.15) is 0 Å². The number of rotatable bonds is 5. The van der Waals surface area contributed by atoms with Crippen LogP contribution in [0.25, 0.3) is 0 Å². The second-order valence-corrected chi connectivity index (χ2v) is 3.98.